The summed E-state index contributed by atoms with van der Waals surface area (Å²) in [5, 5.41) is 12.9. The third-order valence-electron chi connectivity index (χ3n) is 5.07. The fraction of sp³-hybridized carbons (Fsp3) is 0.571. The molecule has 1 aliphatic heterocycles. The van der Waals surface area contributed by atoms with Gasteiger partial charge in [0.25, 0.3) is 0 Å². The maximum atomic E-state index is 9.58. The van der Waals surface area contributed by atoms with E-state index in [0.29, 0.717) is 30.0 Å². The quantitative estimate of drug-likeness (QED) is 0.661. The van der Waals surface area contributed by atoms with E-state index in [1.807, 2.05) is 0 Å². The summed E-state index contributed by atoms with van der Waals surface area (Å²) in [7, 11) is 0. The molecule has 1 aromatic heterocycles. The van der Waals surface area contributed by atoms with Crippen LogP contribution in [0.5, 0.6) is 0 Å². The monoisotopic (exact) mass is 404 g/mol. The second-order valence-electron chi connectivity index (χ2n) is 8.00. The van der Waals surface area contributed by atoms with Gasteiger partial charge in [0.1, 0.15) is 5.82 Å². The number of ether oxygens (including phenoxy) is 1. The van der Waals surface area contributed by atoms with Gasteiger partial charge in [-0.2, -0.15) is 9.97 Å². The first-order valence-electron chi connectivity index (χ1n) is 9.90. The van der Waals surface area contributed by atoms with E-state index >= 15 is 0 Å². The molecule has 0 spiro atoms. The van der Waals surface area contributed by atoms with Crippen LogP contribution in [0.4, 0.5) is 5.95 Å². The summed E-state index contributed by atoms with van der Waals surface area (Å²) in [5.41, 5.74) is 2.57. The van der Waals surface area contributed by atoms with Crippen molar-refractivity contribution in [2.75, 3.05) is 25.1 Å². The highest BCUT2D eigenvalue weighted by Gasteiger charge is 2.20. The van der Waals surface area contributed by atoms with Crippen LogP contribution in [0.15, 0.2) is 24.3 Å². The van der Waals surface area contributed by atoms with Crippen LogP contribution in [0.3, 0.4) is 0 Å². The number of anilines is 1. The molecule has 2 aromatic rings. The van der Waals surface area contributed by atoms with Crippen molar-refractivity contribution in [3.63, 3.8) is 0 Å². The molecule has 2 heterocycles. The van der Waals surface area contributed by atoms with Crippen LogP contribution in [-0.2, 0) is 11.2 Å². The van der Waals surface area contributed by atoms with Gasteiger partial charge in [-0.1, -0.05) is 45.0 Å². The van der Waals surface area contributed by atoms with E-state index in [1.165, 1.54) is 11.1 Å². The normalized spacial score (nSPS) is 16.6. The third kappa shape index (κ3) is 5.63. The van der Waals surface area contributed by atoms with Gasteiger partial charge in [0.05, 0.1) is 25.9 Å². The number of aliphatic hydroxyl groups is 1. The zero-order valence-corrected chi connectivity index (χ0v) is 17.5. The van der Waals surface area contributed by atoms with Gasteiger partial charge < -0.3 is 15.2 Å². The lowest BCUT2D eigenvalue weighted by atomic mass is 9.92. The van der Waals surface area contributed by atoms with Gasteiger partial charge >= 0.3 is 0 Å². The summed E-state index contributed by atoms with van der Waals surface area (Å²) >= 11 is 6.11. The smallest absolute Gasteiger partial charge is 0.227 e. The molecule has 152 valence electrons. The van der Waals surface area contributed by atoms with Crippen LogP contribution in [0.25, 0.3) is 0 Å². The maximum absolute atomic E-state index is 9.58. The predicted molar refractivity (Wildman–Crippen MR) is 111 cm³/mol. The summed E-state index contributed by atoms with van der Waals surface area (Å²) in [4.78, 5) is 13.0. The molecule has 0 bridgehead atoms. The molecule has 28 heavy (non-hydrogen) atoms. The summed E-state index contributed by atoms with van der Waals surface area (Å²) in [6.07, 6.45) is 1.49. The van der Waals surface area contributed by atoms with E-state index in [0.717, 1.165) is 19.6 Å². The maximum Gasteiger partial charge on any atom is 0.227 e. The van der Waals surface area contributed by atoms with Crippen LogP contribution < -0.4 is 5.32 Å². The lowest BCUT2D eigenvalue weighted by Gasteiger charge is -2.26. The van der Waals surface area contributed by atoms with Crippen molar-refractivity contribution >= 4 is 17.5 Å². The zero-order chi connectivity index (χ0) is 20.1. The van der Waals surface area contributed by atoms with E-state index in [1.54, 1.807) is 0 Å². The Morgan fingerprint density at radius 3 is 2.43 bits per heavy atom. The number of aliphatic hydroxyl groups excluding tert-OH is 1. The molecule has 3 rings (SSSR count). The Bertz CT molecular complexity index is 766. The van der Waals surface area contributed by atoms with Crippen molar-refractivity contribution in [3.05, 3.63) is 46.5 Å². The number of halogens is 1. The Labute approximate surface area is 171 Å². The van der Waals surface area contributed by atoms with E-state index in [2.05, 4.69) is 65.3 Å². The van der Waals surface area contributed by atoms with Crippen molar-refractivity contribution in [1.29, 1.82) is 0 Å². The van der Waals surface area contributed by atoms with Gasteiger partial charge in [0, 0.05) is 12.3 Å². The van der Waals surface area contributed by atoms with Gasteiger partial charge in [-0.05, 0) is 41.0 Å². The number of benzene rings is 1. The molecule has 6 nitrogen and oxygen atoms in total. The van der Waals surface area contributed by atoms with Crippen molar-refractivity contribution in [2.45, 2.75) is 51.5 Å². The second kappa shape index (κ2) is 9.63. The minimum absolute atomic E-state index is 0.0194. The van der Waals surface area contributed by atoms with Gasteiger partial charge in [-0.15, -0.1) is 0 Å². The van der Waals surface area contributed by atoms with E-state index < -0.39 is 0 Å². The molecule has 2 unspecified atom stereocenters. The minimum Gasteiger partial charge on any atom is -0.394 e. The molecule has 1 aliphatic rings. The molecular weight excluding hydrogens is 376 g/mol. The molecule has 7 heteroatoms. The van der Waals surface area contributed by atoms with Crippen LogP contribution in [0, 0.1) is 5.92 Å². The number of nitrogens with one attached hydrogen (secondary N) is 1. The molecule has 0 saturated carbocycles. The van der Waals surface area contributed by atoms with Gasteiger partial charge in [0.15, 0.2) is 0 Å². The Kier molecular flexibility index (Phi) is 7.21. The van der Waals surface area contributed by atoms with Crippen molar-refractivity contribution in [1.82, 2.24) is 15.0 Å². The van der Waals surface area contributed by atoms with Gasteiger partial charge in [0.2, 0.25) is 11.2 Å². The molecule has 2 N–H and O–H groups in total. The highest BCUT2D eigenvalue weighted by atomic mass is 35.5. The van der Waals surface area contributed by atoms with Crippen molar-refractivity contribution in [2.24, 2.45) is 5.92 Å². The van der Waals surface area contributed by atoms with Crippen molar-refractivity contribution in [3.8, 4) is 0 Å². The average Bonchev–Trinajstić information content (AvgIpc) is 2.59. The van der Waals surface area contributed by atoms with Crippen LogP contribution in [-0.4, -0.2) is 45.9 Å². The molecular formula is C21H29ClN4O2. The minimum atomic E-state index is -0.105. The van der Waals surface area contributed by atoms with Crippen LogP contribution >= 0.6 is 11.6 Å². The van der Waals surface area contributed by atoms with Crippen molar-refractivity contribution < 1.29 is 9.84 Å². The molecule has 1 fully saturated rings. The van der Waals surface area contributed by atoms with Crippen LogP contribution in [0.1, 0.15) is 56.0 Å². The second-order valence-corrected chi connectivity index (χ2v) is 8.34. The standard InChI is InChI=1S/C21H29ClN4O2/c1-13(2)8-18(10-27)23-21-25-19(24-20(22)26-21)9-14(3)15-4-6-16(7-5-15)17-11-28-12-17/h4-7,13-14,17-18,27H,8-12H2,1-3H3,(H,23,24,25,26). The summed E-state index contributed by atoms with van der Waals surface area (Å²) in [6, 6.07) is 8.61. The molecule has 2 atom stereocenters. The topological polar surface area (TPSA) is 80.2 Å². The fourth-order valence-electron chi connectivity index (χ4n) is 3.39. The van der Waals surface area contributed by atoms with Gasteiger partial charge in [-0.3, -0.25) is 0 Å². The van der Waals surface area contributed by atoms with Crippen LogP contribution in [0.2, 0.25) is 5.28 Å². The largest absolute Gasteiger partial charge is 0.394 e. The molecule has 0 aliphatic carbocycles. The number of rotatable bonds is 9. The lowest BCUT2D eigenvalue weighted by Crippen LogP contribution is -2.27. The Morgan fingerprint density at radius 2 is 1.86 bits per heavy atom. The first-order chi connectivity index (χ1) is 13.4. The number of hydrogen-bond donors (Lipinski definition) is 2. The molecule has 0 radical (unpaired) electrons. The molecule has 1 aromatic carbocycles. The molecule has 0 amide bonds. The Morgan fingerprint density at radius 1 is 1.14 bits per heavy atom. The van der Waals surface area contributed by atoms with E-state index in [9.17, 15) is 5.11 Å². The Hall–Kier alpha value is -1.76. The summed E-state index contributed by atoms with van der Waals surface area (Å²) < 4.78 is 5.27. The zero-order valence-electron chi connectivity index (χ0n) is 16.7. The number of aromatic nitrogens is 3. The number of nitrogens with zero attached hydrogens (tertiary/aromatic N) is 3. The highest BCUT2D eigenvalue weighted by molar-refractivity contribution is 6.28. The first-order valence-corrected chi connectivity index (χ1v) is 10.3. The van der Waals surface area contributed by atoms with E-state index in [-0.39, 0.29) is 23.9 Å². The van der Waals surface area contributed by atoms with Gasteiger partial charge in [-0.25, -0.2) is 4.98 Å². The first kappa shape index (κ1) is 21.0. The highest BCUT2D eigenvalue weighted by Crippen LogP contribution is 2.27. The van der Waals surface area contributed by atoms with E-state index in [4.69, 9.17) is 16.3 Å². The average molecular weight is 405 g/mol. The predicted octanol–water partition coefficient (Wildman–Crippen LogP) is 3.80. The fourth-order valence-corrected chi connectivity index (χ4v) is 3.57. The molecule has 1 saturated heterocycles. The summed E-state index contributed by atoms with van der Waals surface area (Å²) in [6.45, 7) is 8.04. The Balaban J connectivity index is 1.66. The summed E-state index contributed by atoms with van der Waals surface area (Å²) in [5.74, 6) is 2.30. The lowest BCUT2D eigenvalue weighted by molar-refractivity contribution is 0.00841. The number of hydrogen-bond acceptors (Lipinski definition) is 6. The SMILES string of the molecule is CC(C)CC(CO)Nc1nc(Cl)nc(CC(C)c2ccc(C3COC3)cc2)n1. The third-order valence-corrected chi connectivity index (χ3v) is 5.24.